The molecule has 0 atom stereocenters. The number of ether oxygens (including phenoxy) is 1. The van der Waals surface area contributed by atoms with Crippen LogP contribution in [0.2, 0.25) is 0 Å². The Morgan fingerprint density at radius 3 is 2.11 bits per heavy atom. The number of hydrogen-bond donors (Lipinski definition) is 0. The van der Waals surface area contributed by atoms with Gasteiger partial charge >= 0.3 is 0 Å². The molecule has 182 valence electrons. The molecule has 1 aromatic heterocycles. The lowest BCUT2D eigenvalue weighted by molar-refractivity contribution is 0.398. The number of hydrogen-bond acceptors (Lipinski definition) is 2. The zero-order valence-corrected chi connectivity index (χ0v) is 22.9. The fraction of sp³-hybridized carbons (Fsp3) is 0.424. The van der Waals surface area contributed by atoms with Gasteiger partial charge in [-0.15, -0.1) is 0 Å². The molecule has 35 heavy (non-hydrogen) atoms. The third-order valence-electron chi connectivity index (χ3n) is 6.86. The molecule has 3 aromatic carbocycles. The summed E-state index contributed by atoms with van der Waals surface area (Å²) >= 11 is 0. The summed E-state index contributed by atoms with van der Waals surface area (Å²) in [7, 11) is 0. The molecular weight excluding hydrogens is 426 g/mol. The summed E-state index contributed by atoms with van der Waals surface area (Å²) in [6, 6.07) is 15.9. The molecule has 0 amide bonds. The highest BCUT2D eigenvalue weighted by atomic mass is 16.5. The van der Waals surface area contributed by atoms with Crippen LogP contribution in [0, 0.1) is 10.8 Å². The topological polar surface area (TPSA) is 22.1 Å². The van der Waals surface area contributed by atoms with Gasteiger partial charge in [-0.3, -0.25) is 4.98 Å². The summed E-state index contributed by atoms with van der Waals surface area (Å²) in [6.45, 7) is 20.6. The Labute approximate surface area is 210 Å². The Balaban J connectivity index is 1.81. The highest BCUT2D eigenvalue weighted by Gasteiger charge is 2.29. The first kappa shape index (κ1) is 23.9. The van der Waals surface area contributed by atoms with Gasteiger partial charge in [-0.2, -0.15) is 0 Å². The van der Waals surface area contributed by atoms with Crippen LogP contribution < -0.4 is 4.74 Å². The van der Waals surface area contributed by atoms with Gasteiger partial charge in [0.1, 0.15) is 11.5 Å². The van der Waals surface area contributed by atoms with E-state index >= 15 is 0 Å². The first-order valence-corrected chi connectivity index (χ1v) is 12.9. The largest absolute Gasteiger partial charge is 0.456 e. The minimum Gasteiger partial charge on any atom is -0.456 e. The molecule has 2 heterocycles. The van der Waals surface area contributed by atoms with Crippen molar-refractivity contribution in [2.45, 2.75) is 80.6 Å². The zero-order valence-electron chi connectivity index (χ0n) is 22.9. The van der Waals surface area contributed by atoms with Crippen LogP contribution in [0.25, 0.3) is 32.8 Å². The average molecular weight is 466 g/mol. The van der Waals surface area contributed by atoms with E-state index < -0.39 is 0 Å². The highest BCUT2D eigenvalue weighted by molar-refractivity contribution is 6.06. The van der Waals surface area contributed by atoms with E-state index in [1.165, 1.54) is 32.8 Å². The molecule has 1 aliphatic rings. The van der Waals surface area contributed by atoms with Crippen molar-refractivity contribution in [3.63, 3.8) is 0 Å². The Kier molecular flexibility index (Phi) is 5.33. The van der Waals surface area contributed by atoms with Crippen molar-refractivity contribution < 1.29 is 4.74 Å². The molecule has 5 rings (SSSR count). The van der Waals surface area contributed by atoms with Crippen molar-refractivity contribution in [3.05, 3.63) is 65.4 Å². The predicted octanol–water partition coefficient (Wildman–Crippen LogP) is 9.64. The van der Waals surface area contributed by atoms with E-state index in [0.717, 1.165) is 41.0 Å². The number of fused-ring (bicyclic) bond motifs is 3. The Morgan fingerprint density at radius 2 is 1.46 bits per heavy atom. The van der Waals surface area contributed by atoms with Crippen molar-refractivity contribution in [2.75, 3.05) is 0 Å². The second-order valence-electron chi connectivity index (χ2n) is 13.8. The van der Waals surface area contributed by atoms with Crippen LogP contribution in [0.1, 0.15) is 79.0 Å². The molecule has 0 radical (unpaired) electrons. The molecule has 2 nitrogen and oxygen atoms in total. The van der Waals surface area contributed by atoms with Crippen molar-refractivity contribution in [3.8, 4) is 22.8 Å². The van der Waals surface area contributed by atoms with Gasteiger partial charge in [0.05, 0.1) is 11.1 Å². The molecule has 0 N–H and O–H groups in total. The highest BCUT2D eigenvalue weighted by Crippen LogP contribution is 2.51. The quantitative estimate of drug-likeness (QED) is 0.259. The maximum Gasteiger partial charge on any atom is 0.140 e. The first-order valence-electron chi connectivity index (χ1n) is 12.9. The second kappa shape index (κ2) is 7.82. The molecule has 0 spiro atoms. The van der Waals surface area contributed by atoms with Gasteiger partial charge < -0.3 is 4.74 Å². The van der Waals surface area contributed by atoms with E-state index in [4.69, 9.17) is 9.72 Å². The van der Waals surface area contributed by atoms with Crippen LogP contribution in [0.15, 0.2) is 48.7 Å². The van der Waals surface area contributed by atoms with E-state index in [1.54, 1.807) is 0 Å². The maximum atomic E-state index is 6.88. The van der Waals surface area contributed by atoms with Crippen LogP contribution in [0.5, 0.6) is 11.5 Å². The maximum absolute atomic E-state index is 6.88. The molecule has 1 aliphatic heterocycles. The minimum absolute atomic E-state index is 0.0888. The first-order chi connectivity index (χ1) is 16.2. The van der Waals surface area contributed by atoms with E-state index in [1.807, 2.05) is 6.20 Å². The van der Waals surface area contributed by atoms with Crippen LogP contribution >= 0.6 is 0 Å². The Bertz CT molecular complexity index is 1460. The van der Waals surface area contributed by atoms with Crippen LogP contribution in [-0.4, -0.2) is 4.98 Å². The van der Waals surface area contributed by atoms with Crippen molar-refractivity contribution in [1.29, 1.82) is 0 Å². The lowest BCUT2D eigenvalue weighted by Gasteiger charge is -2.29. The van der Waals surface area contributed by atoms with E-state index in [0.29, 0.717) is 0 Å². The van der Waals surface area contributed by atoms with Crippen molar-refractivity contribution >= 4 is 21.5 Å². The van der Waals surface area contributed by atoms with Gasteiger partial charge in [-0.1, -0.05) is 86.6 Å². The molecule has 0 saturated carbocycles. The SMILES string of the molecule is CC(C)(C)Cc1cc2c3c(nccc3c1)-c1cc3ccc(C(C)(C)C)cc3c(CC(C)(C)C)c1O2. The van der Waals surface area contributed by atoms with Crippen molar-refractivity contribution in [2.24, 2.45) is 10.8 Å². The van der Waals surface area contributed by atoms with E-state index in [2.05, 4.69) is 105 Å². The number of aromatic nitrogens is 1. The monoisotopic (exact) mass is 465 g/mol. The summed E-state index contributed by atoms with van der Waals surface area (Å²) in [4.78, 5) is 4.90. The zero-order chi connectivity index (χ0) is 25.3. The second-order valence-corrected chi connectivity index (χ2v) is 13.8. The molecule has 2 heteroatoms. The third kappa shape index (κ3) is 4.56. The Hall–Kier alpha value is -2.87. The summed E-state index contributed by atoms with van der Waals surface area (Å²) in [5, 5.41) is 4.89. The summed E-state index contributed by atoms with van der Waals surface area (Å²) in [5.74, 6) is 1.93. The molecular formula is C33H39NO. The van der Waals surface area contributed by atoms with Gasteiger partial charge in [0, 0.05) is 17.3 Å². The van der Waals surface area contributed by atoms with Crippen molar-refractivity contribution in [1.82, 2.24) is 4.98 Å². The average Bonchev–Trinajstić information content (AvgIpc) is 2.71. The van der Waals surface area contributed by atoms with Crippen LogP contribution in [0.3, 0.4) is 0 Å². The predicted molar refractivity (Wildman–Crippen MR) is 150 cm³/mol. The Morgan fingerprint density at radius 1 is 0.743 bits per heavy atom. The molecule has 4 aromatic rings. The summed E-state index contributed by atoms with van der Waals surface area (Å²) < 4.78 is 6.88. The fourth-order valence-electron chi connectivity index (χ4n) is 5.36. The van der Waals surface area contributed by atoms with Gasteiger partial charge in [0.15, 0.2) is 0 Å². The van der Waals surface area contributed by atoms with Gasteiger partial charge in [-0.25, -0.2) is 0 Å². The lowest BCUT2D eigenvalue weighted by Crippen LogP contribution is -2.14. The number of nitrogens with zero attached hydrogens (tertiary/aromatic N) is 1. The van der Waals surface area contributed by atoms with Crippen LogP contribution in [-0.2, 0) is 18.3 Å². The fourth-order valence-corrected chi connectivity index (χ4v) is 5.36. The van der Waals surface area contributed by atoms with Crippen LogP contribution in [0.4, 0.5) is 0 Å². The number of benzene rings is 3. The molecule has 0 bridgehead atoms. The van der Waals surface area contributed by atoms with Gasteiger partial charge in [0.25, 0.3) is 0 Å². The normalized spacial score (nSPS) is 13.7. The molecule has 0 aliphatic carbocycles. The summed E-state index contributed by atoms with van der Waals surface area (Å²) in [5.41, 5.74) is 6.53. The molecule has 0 saturated heterocycles. The van der Waals surface area contributed by atoms with Gasteiger partial charge in [0.2, 0.25) is 0 Å². The molecule has 0 unspecified atom stereocenters. The van der Waals surface area contributed by atoms with E-state index in [9.17, 15) is 0 Å². The standard InChI is InChI=1S/C33H39NO/c1-31(2,3)18-20-14-22-12-13-34-29-25-16-21-10-11-23(33(7,8)9)17-24(21)26(19-32(4,5)6)30(25)35-27(15-20)28(22)29/h10-17H,18-19H2,1-9H3. The minimum atomic E-state index is 0.0888. The van der Waals surface area contributed by atoms with E-state index in [-0.39, 0.29) is 16.2 Å². The number of pyridine rings is 1. The lowest BCUT2D eigenvalue weighted by atomic mass is 9.80. The third-order valence-corrected chi connectivity index (χ3v) is 6.86. The number of rotatable bonds is 2. The summed E-state index contributed by atoms with van der Waals surface area (Å²) in [6.07, 6.45) is 3.90. The smallest absolute Gasteiger partial charge is 0.140 e. The molecule has 0 fully saturated rings. The van der Waals surface area contributed by atoms with Gasteiger partial charge in [-0.05, 0) is 74.6 Å².